The van der Waals surface area contributed by atoms with Crippen molar-refractivity contribution >= 4 is 19.7 Å². The summed E-state index contributed by atoms with van der Waals surface area (Å²) in [7, 11) is 1.33. The summed E-state index contributed by atoms with van der Waals surface area (Å²) in [5, 5.41) is 3.42. The van der Waals surface area contributed by atoms with E-state index in [2.05, 4.69) is 5.16 Å². The molecule has 4 nitrogen and oxygen atoms in total. The first-order chi connectivity index (χ1) is 7.50. The third-order valence-corrected chi connectivity index (χ3v) is 3.39. The van der Waals surface area contributed by atoms with Gasteiger partial charge in [-0.05, 0) is 6.92 Å². The Hall–Kier alpha value is -1.33. The maximum absolute atomic E-state index is 11.1. The molecular formula is C10H8ClNO3S. The lowest BCUT2D eigenvalue weighted by Crippen LogP contribution is -1.90. The van der Waals surface area contributed by atoms with Gasteiger partial charge in [0.1, 0.15) is 5.69 Å². The molecule has 1 aromatic carbocycles. The Bertz CT molecular complexity index is 604. The molecular weight excluding hydrogens is 250 g/mol. The van der Waals surface area contributed by atoms with E-state index in [1.54, 1.807) is 6.92 Å². The number of nitrogens with zero attached hydrogens (tertiary/aromatic N) is 1. The summed E-state index contributed by atoms with van der Waals surface area (Å²) in [6.07, 6.45) is 0. The van der Waals surface area contributed by atoms with Crippen molar-refractivity contribution in [2.24, 2.45) is 0 Å². The molecule has 0 bridgehead atoms. The van der Waals surface area contributed by atoms with Crippen molar-refractivity contribution in [3.63, 3.8) is 0 Å². The quantitative estimate of drug-likeness (QED) is 0.776. The second kappa shape index (κ2) is 3.92. The first kappa shape index (κ1) is 11.2. The van der Waals surface area contributed by atoms with Crippen LogP contribution in [0.4, 0.5) is 0 Å². The summed E-state index contributed by atoms with van der Waals surface area (Å²) in [6, 6.07) is 9.15. The van der Waals surface area contributed by atoms with E-state index in [-0.39, 0.29) is 5.09 Å². The number of aromatic nitrogens is 1. The van der Waals surface area contributed by atoms with Gasteiger partial charge < -0.3 is 4.52 Å². The highest BCUT2D eigenvalue weighted by Crippen LogP contribution is 2.28. The highest BCUT2D eigenvalue weighted by molar-refractivity contribution is 8.13. The van der Waals surface area contributed by atoms with Crippen LogP contribution >= 0.6 is 10.7 Å². The van der Waals surface area contributed by atoms with Gasteiger partial charge in [0.2, 0.25) is 0 Å². The van der Waals surface area contributed by atoms with Crippen LogP contribution in [0.3, 0.4) is 0 Å². The van der Waals surface area contributed by atoms with Gasteiger partial charge in [0, 0.05) is 21.8 Å². The van der Waals surface area contributed by atoms with Crippen LogP contribution in [0.5, 0.6) is 0 Å². The second-order valence-electron chi connectivity index (χ2n) is 3.25. The fourth-order valence-electron chi connectivity index (χ4n) is 1.41. The molecule has 0 spiro atoms. The molecule has 84 valence electrons. The van der Waals surface area contributed by atoms with E-state index in [1.807, 2.05) is 30.3 Å². The Balaban J connectivity index is 2.59. The fraction of sp³-hybridized carbons (Fsp3) is 0.100. The first-order valence-corrected chi connectivity index (χ1v) is 6.77. The van der Waals surface area contributed by atoms with Crippen LogP contribution in [0.15, 0.2) is 39.9 Å². The molecule has 0 amide bonds. The lowest BCUT2D eigenvalue weighted by atomic mass is 10.1. The SMILES string of the molecule is Cc1c(-c2ccccc2)noc1S(=O)(=O)Cl. The number of rotatable bonds is 2. The van der Waals surface area contributed by atoms with Crippen molar-refractivity contribution in [2.45, 2.75) is 12.0 Å². The molecule has 6 heteroatoms. The summed E-state index contributed by atoms with van der Waals surface area (Å²) in [4.78, 5) is 0. The minimum atomic E-state index is -3.88. The van der Waals surface area contributed by atoms with Gasteiger partial charge in [0.05, 0.1) is 0 Å². The Kier molecular flexibility index (Phi) is 2.73. The lowest BCUT2D eigenvalue weighted by Gasteiger charge is -1.95. The smallest absolute Gasteiger partial charge is 0.297 e. The molecule has 0 saturated carbocycles. The van der Waals surface area contributed by atoms with Gasteiger partial charge in [0.15, 0.2) is 0 Å². The lowest BCUT2D eigenvalue weighted by molar-refractivity contribution is 0.341. The number of benzene rings is 1. The molecule has 1 aromatic heterocycles. The van der Waals surface area contributed by atoms with Crippen LogP contribution in [-0.4, -0.2) is 13.6 Å². The standard InChI is InChI=1S/C10H8ClNO3S/c1-7-9(8-5-3-2-4-6-8)12-15-10(7)16(11,13)14/h2-6H,1H3. The molecule has 0 fully saturated rings. The molecule has 0 saturated heterocycles. The van der Waals surface area contributed by atoms with Crippen LogP contribution in [0.1, 0.15) is 5.56 Å². The summed E-state index contributed by atoms with van der Waals surface area (Å²) < 4.78 is 27.0. The summed E-state index contributed by atoms with van der Waals surface area (Å²) >= 11 is 0. The topological polar surface area (TPSA) is 60.2 Å². The minimum Gasteiger partial charge on any atom is -0.342 e. The molecule has 0 aliphatic rings. The average molecular weight is 258 g/mol. The van der Waals surface area contributed by atoms with Gasteiger partial charge in [-0.2, -0.15) is 0 Å². The molecule has 0 aliphatic carbocycles. The maximum atomic E-state index is 11.1. The zero-order valence-electron chi connectivity index (χ0n) is 8.34. The van der Waals surface area contributed by atoms with Gasteiger partial charge in [-0.3, -0.25) is 0 Å². The van der Waals surface area contributed by atoms with Crippen molar-refractivity contribution in [1.82, 2.24) is 5.16 Å². The molecule has 1 heterocycles. The summed E-state index contributed by atoms with van der Waals surface area (Å²) in [5.41, 5.74) is 1.69. The van der Waals surface area contributed by atoms with Gasteiger partial charge in [0.25, 0.3) is 14.1 Å². The van der Waals surface area contributed by atoms with E-state index < -0.39 is 9.05 Å². The third kappa shape index (κ3) is 1.96. The van der Waals surface area contributed by atoms with Crippen molar-refractivity contribution in [1.29, 1.82) is 0 Å². The van der Waals surface area contributed by atoms with E-state index in [0.717, 1.165) is 5.56 Å². The Morgan fingerprint density at radius 3 is 2.38 bits per heavy atom. The van der Waals surface area contributed by atoms with Gasteiger partial charge in [-0.1, -0.05) is 35.5 Å². The van der Waals surface area contributed by atoms with Gasteiger partial charge in [-0.25, -0.2) is 8.42 Å². The normalized spacial score (nSPS) is 11.6. The zero-order chi connectivity index (χ0) is 11.8. The molecule has 0 unspecified atom stereocenters. The molecule has 0 radical (unpaired) electrons. The first-order valence-electron chi connectivity index (χ1n) is 4.46. The molecule has 16 heavy (non-hydrogen) atoms. The van der Waals surface area contributed by atoms with Crippen LogP contribution < -0.4 is 0 Å². The van der Waals surface area contributed by atoms with Crippen molar-refractivity contribution in [2.75, 3.05) is 0 Å². The maximum Gasteiger partial charge on any atom is 0.297 e. The number of halogens is 1. The summed E-state index contributed by atoms with van der Waals surface area (Å²) in [6.45, 7) is 1.61. The molecule has 0 atom stereocenters. The molecule has 2 rings (SSSR count). The second-order valence-corrected chi connectivity index (χ2v) is 5.71. The highest BCUT2D eigenvalue weighted by Gasteiger charge is 2.23. The average Bonchev–Trinajstić information content (AvgIpc) is 2.61. The van der Waals surface area contributed by atoms with Crippen LogP contribution in [0, 0.1) is 6.92 Å². The monoisotopic (exact) mass is 257 g/mol. The van der Waals surface area contributed by atoms with Gasteiger partial charge >= 0.3 is 0 Å². The molecule has 0 aliphatic heterocycles. The molecule has 2 aromatic rings. The van der Waals surface area contributed by atoms with Crippen molar-refractivity contribution in [3.05, 3.63) is 35.9 Å². The zero-order valence-corrected chi connectivity index (χ0v) is 9.92. The van der Waals surface area contributed by atoms with E-state index >= 15 is 0 Å². The largest absolute Gasteiger partial charge is 0.342 e. The number of hydrogen-bond donors (Lipinski definition) is 0. The molecule has 0 N–H and O–H groups in total. The predicted molar refractivity (Wildman–Crippen MR) is 59.7 cm³/mol. The van der Waals surface area contributed by atoms with E-state index in [9.17, 15) is 8.42 Å². The van der Waals surface area contributed by atoms with Crippen molar-refractivity contribution in [3.8, 4) is 11.3 Å². The van der Waals surface area contributed by atoms with E-state index in [4.69, 9.17) is 15.2 Å². The Morgan fingerprint density at radius 2 is 1.88 bits per heavy atom. The van der Waals surface area contributed by atoms with E-state index in [1.165, 1.54) is 0 Å². The Labute approximate surface area is 97.3 Å². The predicted octanol–water partition coefficient (Wildman–Crippen LogP) is 2.58. The van der Waals surface area contributed by atoms with E-state index in [0.29, 0.717) is 11.3 Å². The van der Waals surface area contributed by atoms with Crippen molar-refractivity contribution < 1.29 is 12.9 Å². The highest BCUT2D eigenvalue weighted by atomic mass is 35.7. The van der Waals surface area contributed by atoms with Crippen LogP contribution in [-0.2, 0) is 9.05 Å². The van der Waals surface area contributed by atoms with Crippen LogP contribution in [0.25, 0.3) is 11.3 Å². The Morgan fingerprint density at radius 1 is 1.25 bits per heavy atom. The minimum absolute atomic E-state index is 0.298. The summed E-state index contributed by atoms with van der Waals surface area (Å²) in [5.74, 6) is 0. The fourth-order valence-corrected chi connectivity index (χ4v) is 2.43. The van der Waals surface area contributed by atoms with Gasteiger partial charge in [-0.15, -0.1) is 0 Å². The van der Waals surface area contributed by atoms with Crippen LogP contribution in [0.2, 0.25) is 0 Å². The third-order valence-electron chi connectivity index (χ3n) is 2.15. The number of hydrogen-bond acceptors (Lipinski definition) is 4.